The van der Waals surface area contributed by atoms with Gasteiger partial charge < -0.3 is 14.8 Å². The third-order valence-electron chi connectivity index (χ3n) is 3.49. The van der Waals surface area contributed by atoms with Gasteiger partial charge in [-0.1, -0.05) is 37.1 Å². The largest absolute Gasteiger partial charge is 0.495 e. The van der Waals surface area contributed by atoms with Gasteiger partial charge in [-0.2, -0.15) is 0 Å². The molecule has 1 N–H and O–H groups in total. The number of hydrogen-bond acceptors (Lipinski definition) is 3. The summed E-state index contributed by atoms with van der Waals surface area (Å²) in [6.07, 6.45) is 5.34. The molecule has 0 unspecified atom stereocenters. The first kappa shape index (κ1) is 18.9. The molecule has 0 atom stereocenters. The molecule has 2 aromatic rings. The third-order valence-corrected chi connectivity index (χ3v) is 3.73. The molecule has 0 aromatic heterocycles. The van der Waals surface area contributed by atoms with E-state index in [1.165, 1.54) is 6.08 Å². The lowest BCUT2D eigenvalue weighted by molar-refractivity contribution is -0.111. The third kappa shape index (κ3) is 6.16. The van der Waals surface area contributed by atoms with Gasteiger partial charge >= 0.3 is 0 Å². The van der Waals surface area contributed by atoms with E-state index in [0.29, 0.717) is 16.5 Å². The van der Waals surface area contributed by atoms with Crippen LogP contribution in [0.2, 0.25) is 5.02 Å². The molecule has 0 saturated heterocycles. The number of halogens is 1. The average Bonchev–Trinajstić information content (AvgIpc) is 2.61. The van der Waals surface area contributed by atoms with Crippen molar-refractivity contribution in [2.75, 3.05) is 19.0 Å². The van der Waals surface area contributed by atoms with Crippen LogP contribution in [-0.2, 0) is 4.79 Å². The second-order valence-electron chi connectivity index (χ2n) is 5.44. The Balaban J connectivity index is 1.95. The first-order valence-corrected chi connectivity index (χ1v) is 8.55. The minimum absolute atomic E-state index is 0.260. The van der Waals surface area contributed by atoms with Crippen LogP contribution in [0.4, 0.5) is 5.69 Å². The molecule has 0 bridgehead atoms. The van der Waals surface area contributed by atoms with Gasteiger partial charge in [0.1, 0.15) is 11.5 Å². The molecule has 2 aromatic carbocycles. The summed E-state index contributed by atoms with van der Waals surface area (Å²) < 4.78 is 10.8. The van der Waals surface area contributed by atoms with Gasteiger partial charge in [-0.15, -0.1) is 0 Å². The highest BCUT2D eigenvalue weighted by molar-refractivity contribution is 6.31. The molecule has 0 saturated carbocycles. The minimum Gasteiger partial charge on any atom is -0.495 e. The van der Waals surface area contributed by atoms with E-state index in [-0.39, 0.29) is 5.91 Å². The number of hydrogen-bond donors (Lipinski definition) is 1. The second-order valence-corrected chi connectivity index (χ2v) is 5.87. The number of ether oxygens (including phenoxy) is 2. The number of nitrogens with one attached hydrogen (secondary N) is 1. The van der Waals surface area contributed by atoms with Crippen LogP contribution in [0, 0.1) is 0 Å². The van der Waals surface area contributed by atoms with Gasteiger partial charge in [0.2, 0.25) is 5.91 Å². The zero-order valence-electron chi connectivity index (χ0n) is 14.4. The summed E-state index contributed by atoms with van der Waals surface area (Å²) in [6.45, 7) is 2.84. The first-order valence-electron chi connectivity index (χ1n) is 8.18. The predicted octanol–water partition coefficient (Wildman–Crippen LogP) is 5.18. The van der Waals surface area contributed by atoms with Crippen molar-refractivity contribution >= 4 is 29.3 Å². The van der Waals surface area contributed by atoms with E-state index in [2.05, 4.69) is 12.2 Å². The van der Waals surface area contributed by atoms with E-state index in [1.807, 2.05) is 24.3 Å². The Kier molecular flexibility index (Phi) is 7.36. The Morgan fingerprint density at radius 3 is 2.64 bits per heavy atom. The van der Waals surface area contributed by atoms with Crippen LogP contribution >= 0.6 is 11.6 Å². The highest BCUT2D eigenvalue weighted by Gasteiger charge is 2.06. The standard InChI is InChI=1S/C20H22ClNO3/c1-3-4-13-25-17-9-5-15(6-10-17)7-12-20(23)22-18-14-16(21)8-11-19(18)24-2/h5-12,14H,3-4,13H2,1-2H3,(H,22,23)/b12-7+. The molecular formula is C20H22ClNO3. The lowest BCUT2D eigenvalue weighted by Crippen LogP contribution is -2.08. The molecule has 1 amide bonds. The number of benzene rings is 2. The average molecular weight is 360 g/mol. The minimum atomic E-state index is -0.260. The predicted molar refractivity (Wildman–Crippen MR) is 103 cm³/mol. The normalized spacial score (nSPS) is 10.7. The molecule has 0 aliphatic rings. The van der Waals surface area contributed by atoms with Crippen molar-refractivity contribution in [1.82, 2.24) is 0 Å². The van der Waals surface area contributed by atoms with Crippen LogP contribution in [0.3, 0.4) is 0 Å². The van der Waals surface area contributed by atoms with Gasteiger partial charge in [-0.3, -0.25) is 4.79 Å². The maximum Gasteiger partial charge on any atom is 0.248 e. The molecule has 5 heteroatoms. The molecule has 0 aliphatic heterocycles. The van der Waals surface area contributed by atoms with Crippen molar-refractivity contribution in [1.29, 1.82) is 0 Å². The molecule has 0 spiro atoms. The lowest BCUT2D eigenvalue weighted by Gasteiger charge is -2.09. The van der Waals surface area contributed by atoms with Crippen LogP contribution < -0.4 is 14.8 Å². The molecule has 0 radical (unpaired) electrons. The monoisotopic (exact) mass is 359 g/mol. The summed E-state index contributed by atoms with van der Waals surface area (Å²) >= 11 is 5.95. The van der Waals surface area contributed by atoms with Gasteiger partial charge in [-0.25, -0.2) is 0 Å². The molecule has 132 valence electrons. The topological polar surface area (TPSA) is 47.6 Å². The Bertz CT molecular complexity index is 726. The van der Waals surface area contributed by atoms with Crippen LogP contribution in [0.5, 0.6) is 11.5 Å². The summed E-state index contributed by atoms with van der Waals surface area (Å²) in [6, 6.07) is 12.7. The lowest BCUT2D eigenvalue weighted by atomic mass is 10.2. The van der Waals surface area contributed by atoms with E-state index in [1.54, 1.807) is 31.4 Å². The fourth-order valence-electron chi connectivity index (χ4n) is 2.13. The number of carbonyl (C=O) groups excluding carboxylic acids is 1. The van der Waals surface area contributed by atoms with Gasteiger partial charge in [0.25, 0.3) is 0 Å². The maximum absolute atomic E-state index is 12.1. The fourth-order valence-corrected chi connectivity index (χ4v) is 2.31. The summed E-state index contributed by atoms with van der Waals surface area (Å²) in [5.41, 5.74) is 1.44. The molecular weight excluding hydrogens is 338 g/mol. The van der Waals surface area contributed by atoms with Crippen molar-refractivity contribution in [3.05, 3.63) is 59.1 Å². The van der Waals surface area contributed by atoms with Gasteiger partial charge in [0, 0.05) is 11.1 Å². The summed E-state index contributed by atoms with van der Waals surface area (Å²) in [7, 11) is 1.54. The number of methoxy groups -OCH3 is 1. The smallest absolute Gasteiger partial charge is 0.248 e. The van der Waals surface area contributed by atoms with E-state index < -0.39 is 0 Å². The number of unbranched alkanes of at least 4 members (excludes halogenated alkanes) is 1. The van der Waals surface area contributed by atoms with Crippen molar-refractivity contribution < 1.29 is 14.3 Å². The van der Waals surface area contributed by atoms with Gasteiger partial charge in [0.05, 0.1) is 19.4 Å². The quantitative estimate of drug-likeness (QED) is 0.522. The fraction of sp³-hybridized carbons (Fsp3) is 0.250. The highest BCUT2D eigenvalue weighted by Crippen LogP contribution is 2.27. The number of carbonyl (C=O) groups is 1. The van der Waals surface area contributed by atoms with Crippen molar-refractivity contribution in [2.24, 2.45) is 0 Å². The Morgan fingerprint density at radius 2 is 1.96 bits per heavy atom. The van der Waals surface area contributed by atoms with Crippen LogP contribution in [0.25, 0.3) is 6.08 Å². The Morgan fingerprint density at radius 1 is 1.20 bits per heavy atom. The Hall–Kier alpha value is -2.46. The second kappa shape index (κ2) is 9.74. The zero-order valence-corrected chi connectivity index (χ0v) is 15.2. The number of amides is 1. The van der Waals surface area contributed by atoms with Crippen LogP contribution in [0.15, 0.2) is 48.5 Å². The molecule has 4 nitrogen and oxygen atoms in total. The van der Waals surface area contributed by atoms with Crippen molar-refractivity contribution in [3.8, 4) is 11.5 Å². The summed E-state index contributed by atoms with van der Waals surface area (Å²) in [5.74, 6) is 1.13. The SMILES string of the molecule is CCCCOc1ccc(/C=C/C(=O)Nc2cc(Cl)ccc2OC)cc1. The van der Waals surface area contributed by atoms with E-state index in [0.717, 1.165) is 30.8 Å². The molecule has 0 aliphatic carbocycles. The molecule has 2 rings (SSSR count). The molecule has 0 heterocycles. The number of rotatable bonds is 8. The highest BCUT2D eigenvalue weighted by atomic mass is 35.5. The van der Waals surface area contributed by atoms with E-state index >= 15 is 0 Å². The summed E-state index contributed by atoms with van der Waals surface area (Å²) in [5, 5.41) is 3.28. The maximum atomic E-state index is 12.1. The van der Waals surface area contributed by atoms with Gasteiger partial charge in [0.15, 0.2) is 0 Å². The number of anilines is 1. The van der Waals surface area contributed by atoms with E-state index in [9.17, 15) is 4.79 Å². The van der Waals surface area contributed by atoms with Gasteiger partial charge in [-0.05, 0) is 48.4 Å². The van der Waals surface area contributed by atoms with E-state index in [4.69, 9.17) is 21.1 Å². The van der Waals surface area contributed by atoms with Crippen molar-refractivity contribution in [2.45, 2.75) is 19.8 Å². The van der Waals surface area contributed by atoms with Crippen molar-refractivity contribution in [3.63, 3.8) is 0 Å². The Labute approximate surface area is 153 Å². The molecule has 0 fully saturated rings. The summed E-state index contributed by atoms with van der Waals surface area (Å²) in [4.78, 5) is 12.1. The van der Waals surface area contributed by atoms with Crippen LogP contribution in [-0.4, -0.2) is 19.6 Å². The van der Waals surface area contributed by atoms with Crippen LogP contribution in [0.1, 0.15) is 25.3 Å². The zero-order chi connectivity index (χ0) is 18.1. The molecule has 25 heavy (non-hydrogen) atoms. The first-order chi connectivity index (χ1) is 12.1.